The quantitative estimate of drug-likeness (QED) is 0.893. The maximum atomic E-state index is 13.7. The predicted molar refractivity (Wildman–Crippen MR) is 73.9 cm³/mol. The van der Waals surface area contributed by atoms with Crippen LogP contribution in [0.5, 0.6) is 0 Å². The van der Waals surface area contributed by atoms with Gasteiger partial charge in [0.25, 0.3) is 0 Å². The topological polar surface area (TPSA) is 52.9 Å². The summed E-state index contributed by atoms with van der Waals surface area (Å²) in [5.41, 5.74) is -0.883. The first-order chi connectivity index (χ1) is 9.07. The molecule has 1 amide bonds. The van der Waals surface area contributed by atoms with Gasteiger partial charge in [-0.1, -0.05) is 35.2 Å². The molecule has 1 N–H and O–H groups in total. The van der Waals surface area contributed by atoms with Gasteiger partial charge in [-0.3, -0.25) is 4.79 Å². The fraction of sp³-hybridized carbons (Fsp3) is 0.429. The van der Waals surface area contributed by atoms with E-state index in [1.807, 2.05) is 0 Å². The molecule has 0 bridgehead atoms. The van der Waals surface area contributed by atoms with Crippen LogP contribution in [0.2, 0.25) is 0 Å². The Balaban J connectivity index is 2.18. The summed E-state index contributed by atoms with van der Waals surface area (Å²) in [7, 11) is 0. The Morgan fingerprint density at radius 3 is 2.63 bits per heavy atom. The number of benzene rings is 1. The number of nitrogens with one attached hydrogen (secondary N) is 1. The van der Waals surface area contributed by atoms with E-state index in [9.17, 15) is 14.4 Å². The third-order valence-corrected chi connectivity index (χ3v) is 4.03. The van der Waals surface area contributed by atoms with Crippen LogP contribution < -0.4 is 5.32 Å². The lowest BCUT2D eigenvalue weighted by molar-refractivity contribution is -0.124. The van der Waals surface area contributed by atoms with Gasteiger partial charge in [-0.25, -0.2) is 4.39 Å². The van der Waals surface area contributed by atoms with Gasteiger partial charge < -0.3 is 5.32 Å². The number of carbonyl (C=O) groups excluding carboxylic acids is 1. The summed E-state index contributed by atoms with van der Waals surface area (Å²) in [5, 5.41) is 11.8. The molecule has 100 valence electrons. The van der Waals surface area contributed by atoms with Crippen LogP contribution in [0.3, 0.4) is 0 Å². The maximum Gasteiger partial charge on any atom is 0.244 e. The van der Waals surface area contributed by atoms with Crippen molar-refractivity contribution >= 4 is 27.5 Å². The minimum absolute atomic E-state index is 0.119. The average molecular weight is 325 g/mol. The smallest absolute Gasteiger partial charge is 0.244 e. The standard InChI is InChI=1S/C14H14BrFN2O/c15-10-4-5-12(11(16)8-10)18-13(19)14(9-17)6-2-1-3-7-14/h4-5,8H,1-3,6-7H2,(H,18,19). The van der Waals surface area contributed by atoms with Crippen LogP contribution in [0.1, 0.15) is 32.1 Å². The Labute approximate surface area is 119 Å². The van der Waals surface area contributed by atoms with Crippen LogP contribution in [-0.2, 0) is 4.79 Å². The molecule has 0 atom stereocenters. The van der Waals surface area contributed by atoms with Gasteiger partial charge >= 0.3 is 0 Å². The second kappa shape index (κ2) is 5.70. The Bertz CT molecular complexity index is 533. The van der Waals surface area contributed by atoms with Crippen LogP contribution in [-0.4, -0.2) is 5.91 Å². The van der Waals surface area contributed by atoms with Crippen LogP contribution in [0.15, 0.2) is 22.7 Å². The number of carbonyl (C=O) groups is 1. The SMILES string of the molecule is N#CC1(C(=O)Nc2ccc(Br)cc2F)CCCCC1. The molecule has 1 aliphatic rings. The summed E-state index contributed by atoms with van der Waals surface area (Å²) in [4.78, 5) is 12.2. The first kappa shape index (κ1) is 14.0. The third kappa shape index (κ3) is 2.95. The van der Waals surface area contributed by atoms with Crippen molar-refractivity contribution in [3.05, 3.63) is 28.5 Å². The molecule has 0 aliphatic heterocycles. The molecule has 0 unspecified atom stereocenters. The third-order valence-electron chi connectivity index (χ3n) is 3.54. The largest absolute Gasteiger partial charge is 0.322 e. The number of anilines is 1. The van der Waals surface area contributed by atoms with E-state index in [1.165, 1.54) is 12.1 Å². The highest BCUT2D eigenvalue weighted by Gasteiger charge is 2.40. The second-order valence-electron chi connectivity index (χ2n) is 4.83. The van der Waals surface area contributed by atoms with Crippen molar-refractivity contribution in [2.45, 2.75) is 32.1 Å². The molecular weight excluding hydrogens is 311 g/mol. The van der Waals surface area contributed by atoms with Crippen molar-refractivity contribution in [3.63, 3.8) is 0 Å². The van der Waals surface area contributed by atoms with Crippen LogP contribution in [0.25, 0.3) is 0 Å². The van der Waals surface area contributed by atoms with E-state index in [-0.39, 0.29) is 5.69 Å². The molecule has 1 saturated carbocycles. The molecule has 0 heterocycles. The molecule has 0 radical (unpaired) electrons. The monoisotopic (exact) mass is 324 g/mol. The predicted octanol–water partition coefficient (Wildman–Crippen LogP) is 4.00. The highest BCUT2D eigenvalue weighted by molar-refractivity contribution is 9.10. The maximum absolute atomic E-state index is 13.7. The minimum atomic E-state index is -1.00. The molecule has 0 saturated heterocycles. The molecule has 1 aromatic carbocycles. The summed E-state index contributed by atoms with van der Waals surface area (Å²) in [6, 6.07) is 6.55. The van der Waals surface area contributed by atoms with Gasteiger partial charge in [-0.05, 0) is 31.0 Å². The number of halogens is 2. The average Bonchev–Trinajstić information content (AvgIpc) is 2.42. The van der Waals surface area contributed by atoms with Gasteiger partial charge in [0.1, 0.15) is 11.2 Å². The zero-order chi connectivity index (χ0) is 13.9. The van der Waals surface area contributed by atoms with Crippen molar-refractivity contribution < 1.29 is 9.18 Å². The van der Waals surface area contributed by atoms with Gasteiger partial charge in [-0.2, -0.15) is 5.26 Å². The van der Waals surface area contributed by atoms with E-state index in [1.54, 1.807) is 6.07 Å². The highest BCUT2D eigenvalue weighted by atomic mass is 79.9. The molecular formula is C14H14BrFN2O. The summed E-state index contributed by atoms with van der Waals surface area (Å²) in [6.45, 7) is 0. The van der Waals surface area contributed by atoms with Crippen molar-refractivity contribution in [3.8, 4) is 6.07 Å². The number of nitriles is 1. The summed E-state index contributed by atoms with van der Waals surface area (Å²) >= 11 is 3.16. The van der Waals surface area contributed by atoms with Gasteiger partial charge in [-0.15, -0.1) is 0 Å². The lowest BCUT2D eigenvalue weighted by Gasteiger charge is -2.29. The molecule has 0 aromatic heterocycles. The first-order valence-corrected chi connectivity index (χ1v) is 7.04. The molecule has 19 heavy (non-hydrogen) atoms. The van der Waals surface area contributed by atoms with E-state index >= 15 is 0 Å². The van der Waals surface area contributed by atoms with E-state index in [0.717, 1.165) is 19.3 Å². The Kier molecular flexibility index (Phi) is 4.20. The lowest BCUT2D eigenvalue weighted by atomic mass is 9.74. The molecule has 5 heteroatoms. The number of nitrogens with zero attached hydrogens (tertiary/aromatic N) is 1. The molecule has 2 rings (SSSR count). The zero-order valence-corrected chi connectivity index (χ0v) is 12.0. The second-order valence-corrected chi connectivity index (χ2v) is 5.75. The van der Waals surface area contributed by atoms with E-state index < -0.39 is 17.1 Å². The van der Waals surface area contributed by atoms with Crippen LogP contribution in [0, 0.1) is 22.6 Å². The van der Waals surface area contributed by atoms with E-state index in [2.05, 4.69) is 27.3 Å². The zero-order valence-electron chi connectivity index (χ0n) is 10.4. The van der Waals surface area contributed by atoms with Gasteiger partial charge in [0, 0.05) is 4.47 Å². The fourth-order valence-corrected chi connectivity index (χ4v) is 2.71. The van der Waals surface area contributed by atoms with Crippen molar-refractivity contribution in [2.24, 2.45) is 5.41 Å². The van der Waals surface area contributed by atoms with Crippen molar-refractivity contribution in [2.75, 3.05) is 5.32 Å². The summed E-state index contributed by atoms with van der Waals surface area (Å²) in [5.74, 6) is -0.900. The normalized spacial score (nSPS) is 17.5. The molecule has 1 aliphatic carbocycles. The number of amides is 1. The molecule has 0 spiro atoms. The molecule has 1 fully saturated rings. The lowest BCUT2D eigenvalue weighted by Crippen LogP contribution is -2.37. The molecule has 3 nitrogen and oxygen atoms in total. The molecule has 1 aromatic rings. The van der Waals surface area contributed by atoms with Crippen molar-refractivity contribution in [1.29, 1.82) is 5.26 Å². The summed E-state index contributed by atoms with van der Waals surface area (Å²) in [6.07, 6.45) is 3.87. The van der Waals surface area contributed by atoms with Gasteiger partial charge in [0.2, 0.25) is 5.91 Å². The first-order valence-electron chi connectivity index (χ1n) is 6.25. The Morgan fingerprint density at radius 1 is 1.37 bits per heavy atom. The number of hydrogen-bond acceptors (Lipinski definition) is 2. The van der Waals surface area contributed by atoms with Crippen molar-refractivity contribution in [1.82, 2.24) is 0 Å². The Hall–Kier alpha value is -1.41. The van der Waals surface area contributed by atoms with Crippen LogP contribution >= 0.6 is 15.9 Å². The van der Waals surface area contributed by atoms with E-state index in [0.29, 0.717) is 17.3 Å². The van der Waals surface area contributed by atoms with Gasteiger partial charge in [0.15, 0.2) is 0 Å². The fourth-order valence-electron chi connectivity index (χ4n) is 2.38. The number of hydrogen-bond donors (Lipinski definition) is 1. The van der Waals surface area contributed by atoms with Crippen LogP contribution in [0.4, 0.5) is 10.1 Å². The highest BCUT2D eigenvalue weighted by Crippen LogP contribution is 2.37. The summed E-state index contributed by atoms with van der Waals surface area (Å²) < 4.78 is 14.3. The van der Waals surface area contributed by atoms with E-state index in [4.69, 9.17) is 0 Å². The minimum Gasteiger partial charge on any atom is -0.322 e. The van der Waals surface area contributed by atoms with Gasteiger partial charge in [0.05, 0.1) is 11.8 Å². The number of rotatable bonds is 2. The Morgan fingerprint density at radius 2 is 2.05 bits per heavy atom.